The van der Waals surface area contributed by atoms with Gasteiger partial charge in [-0.25, -0.2) is 9.37 Å². The van der Waals surface area contributed by atoms with Crippen LogP contribution in [-0.2, 0) is 0 Å². The Kier molecular flexibility index (Phi) is 4.64. The summed E-state index contributed by atoms with van der Waals surface area (Å²) >= 11 is 0. The largest absolute Gasteiger partial charge is 0.372 e. The van der Waals surface area contributed by atoms with Crippen molar-refractivity contribution < 1.29 is 4.39 Å². The molecule has 0 unspecified atom stereocenters. The Labute approximate surface area is 158 Å². The standard InChI is InChI=1S/C22H21FN4/c1-15-11-19(27-9-3-2-4-10-27)7-5-16(15)12-17(14-24)22-25-20-8-6-18(23)13-21(20)26-22/h5-8,11-13H,2-4,9-10H2,1H3,(H,25,26)/b17-12-. The summed E-state index contributed by atoms with van der Waals surface area (Å²) in [5.41, 5.74) is 5.00. The third-order valence-corrected chi connectivity index (χ3v) is 5.09. The van der Waals surface area contributed by atoms with E-state index in [0.29, 0.717) is 22.4 Å². The topological polar surface area (TPSA) is 55.7 Å². The highest BCUT2D eigenvalue weighted by molar-refractivity contribution is 5.90. The lowest BCUT2D eigenvalue weighted by Crippen LogP contribution is -2.29. The van der Waals surface area contributed by atoms with E-state index in [2.05, 4.69) is 46.1 Å². The highest BCUT2D eigenvalue weighted by atomic mass is 19.1. The summed E-state index contributed by atoms with van der Waals surface area (Å²) < 4.78 is 13.4. The number of aryl methyl sites for hydroxylation is 1. The summed E-state index contributed by atoms with van der Waals surface area (Å²) in [4.78, 5) is 9.88. The Balaban J connectivity index is 1.66. The number of H-pyrrole nitrogens is 1. The highest BCUT2D eigenvalue weighted by Crippen LogP contribution is 2.26. The van der Waals surface area contributed by atoms with Crippen molar-refractivity contribution >= 4 is 28.4 Å². The number of piperidine rings is 1. The molecule has 27 heavy (non-hydrogen) atoms. The molecule has 4 rings (SSSR count). The van der Waals surface area contributed by atoms with Gasteiger partial charge in [-0.15, -0.1) is 0 Å². The molecule has 2 heterocycles. The maximum Gasteiger partial charge on any atom is 0.149 e. The molecule has 1 aliphatic rings. The van der Waals surface area contributed by atoms with Crippen molar-refractivity contribution in [3.8, 4) is 6.07 Å². The van der Waals surface area contributed by atoms with Gasteiger partial charge in [0.15, 0.2) is 0 Å². The Morgan fingerprint density at radius 2 is 2.00 bits per heavy atom. The van der Waals surface area contributed by atoms with Crippen molar-refractivity contribution in [1.82, 2.24) is 9.97 Å². The van der Waals surface area contributed by atoms with Gasteiger partial charge in [0.1, 0.15) is 17.7 Å². The van der Waals surface area contributed by atoms with Gasteiger partial charge in [-0.3, -0.25) is 0 Å². The Morgan fingerprint density at radius 1 is 1.19 bits per heavy atom. The first-order chi connectivity index (χ1) is 13.1. The van der Waals surface area contributed by atoms with Gasteiger partial charge in [0.2, 0.25) is 0 Å². The van der Waals surface area contributed by atoms with Crippen LogP contribution in [0.5, 0.6) is 0 Å². The average Bonchev–Trinajstić information content (AvgIpc) is 3.10. The molecule has 1 saturated heterocycles. The number of halogens is 1. The molecular weight excluding hydrogens is 339 g/mol. The number of aromatic nitrogens is 2. The van der Waals surface area contributed by atoms with Gasteiger partial charge in [0.25, 0.3) is 0 Å². The minimum atomic E-state index is -0.329. The lowest BCUT2D eigenvalue weighted by Gasteiger charge is -2.29. The number of rotatable bonds is 3. The molecule has 0 radical (unpaired) electrons. The fourth-order valence-electron chi connectivity index (χ4n) is 3.59. The fourth-order valence-corrected chi connectivity index (χ4v) is 3.59. The van der Waals surface area contributed by atoms with E-state index < -0.39 is 0 Å². The molecule has 1 fully saturated rings. The molecule has 0 spiro atoms. The van der Waals surface area contributed by atoms with Crippen molar-refractivity contribution in [2.45, 2.75) is 26.2 Å². The van der Waals surface area contributed by atoms with Gasteiger partial charge in [-0.1, -0.05) is 6.07 Å². The van der Waals surface area contributed by atoms with Crippen LogP contribution in [0.1, 0.15) is 36.2 Å². The van der Waals surface area contributed by atoms with E-state index in [1.807, 2.05) is 6.08 Å². The molecule has 4 nitrogen and oxygen atoms in total. The number of nitrogens with zero attached hydrogens (tertiary/aromatic N) is 3. The molecule has 0 saturated carbocycles. The number of nitrogens with one attached hydrogen (secondary N) is 1. The molecule has 2 aromatic carbocycles. The van der Waals surface area contributed by atoms with Gasteiger partial charge < -0.3 is 9.88 Å². The SMILES string of the molecule is Cc1cc(N2CCCCC2)ccc1/C=C(/C#N)c1nc2ccc(F)cc2[nH]1. The summed E-state index contributed by atoms with van der Waals surface area (Å²) in [5.74, 6) is 0.127. The van der Waals surface area contributed by atoms with Crippen LogP contribution in [-0.4, -0.2) is 23.1 Å². The van der Waals surface area contributed by atoms with E-state index in [0.717, 1.165) is 24.2 Å². The van der Waals surface area contributed by atoms with Crippen LogP contribution in [0, 0.1) is 24.1 Å². The van der Waals surface area contributed by atoms with E-state index in [-0.39, 0.29) is 5.82 Å². The average molecular weight is 360 g/mol. The van der Waals surface area contributed by atoms with E-state index in [9.17, 15) is 9.65 Å². The van der Waals surface area contributed by atoms with Crippen molar-refractivity contribution in [1.29, 1.82) is 5.26 Å². The van der Waals surface area contributed by atoms with Crippen LogP contribution < -0.4 is 4.90 Å². The van der Waals surface area contributed by atoms with Gasteiger partial charge >= 0.3 is 0 Å². The molecule has 1 aromatic heterocycles. The first-order valence-electron chi connectivity index (χ1n) is 9.27. The lowest BCUT2D eigenvalue weighted by atomic mass is 10.0. The lowest BCUT2D eigenvalue weighted by molar-refractivity contribution is 0.578. The van der Waals surface area contributed by atoms with Crippen LogP contribution in [0.2, 0.25) is 0 Å². The van der Waals surface area contributed by atoms with E-state index in [4.69, 9.17) is 0 Å². The number of nitriles is 1. The molecule has 1 N–H and O–H groups in total. The summed E-state index contributed by atoms with van der Waals surface area (Å²) in [6.45, 7) is 4.27. The first-order valence-corrected chi connectivity index (χ1v) is 9.27. The molecular formula is C22H21FN4. The Morgan fingerprint density at radius 3 is 2.74 bits per heavy atom. The molecule has 1 aliphatic heterocycles. The van der Waals surface area contributed by atoms with Gasteiger partial charge in [-0.05, 0) is 73.7 Å². The summed E-state index contributed by atoms with van der Waals surface area (Å²) in [6, 6.07) is 12.9. The van der Waals surface area contributed by atoms with Crippen LogP contribution in [0.3, 0.4) is 0 Å². The normalized spacial score (nSPS) is 15.1. The number of imidazole rings is 1. The maximum atomic E-state index is 13.4. The monoisotopic (exact) mass is 360 g/mol. The highest BCUT2D eigenvalue weighted by Gasteiger charge is 2.13. The van der Waals surface area contributed by atoms with Crippen LogP contribution >= 0.6 is 0 Å². The van der Waals surface area contributed by atoms with Crippen molar-refractivity contribution in [2.75, 3.05) is 18.0 Å². The second kappa shape index (κ2) is 7.24. The number of benzene rings is 2. The van der Waals surface area contributed by atoms with Crippen LogP contribution in [0.25, 0.3) is 22.7 Å². The number of hydrogen-bond donors (Lipinski definition) is 1. The van der Waals surface area contributed by atoms with E-state index in [1.165, 1.54) is 37.1 Å². The predicted octanol–water partition coefficient (Wildman–Crippen LogP) is 5.06. The number of anilines is 1. The Bertz CT molecular complexity index is 1050. The van der Waals surface area contributed by atoms with Gasteiger partial charge in [0, 0.05) is 18.8 Å². The maximum absolute atomic E-state index is 13.4. The van der Waals surface area contributed by atoms with E-state index >= 15 is 0 Å². The minimum Gasteiger partial charge on any atom is -0.372 e. The van der Waals surface area contributed by atoms with Crippen LogP contribution in [0.15, 0.2) is 36.4 Å². The molecule has 0 atom stereocenters. The van der Waals surface area contributed by atoms with Crippen molar-refractivity contribution in [2.24, 2.45) is 0 Å². The molecule has 0 aliphatic carbocycles. The van der Waals surface area contributed by atoms with E-state index in [1.54, 1.807) is 6.07 Å². The molecule has 0 amide bonds. The number of aromatic amines is 1. The predicted molar refractivity (Wildman–Crippen MR) is 107 cm³/mol. The molecule has 5 heteroatoms. The number of hydrogen-bond acceptors (Lipinski definition) is 3. The summed E-state index contributed by atoms with van der Waals surface area (Å²) in [7, 11) is 0. The third kappa shape index (κ3) is 3.56. The summed E-state index contributed by atoms with van der Waals surface area (Å²) in [6.07, 6.45) is 5.63. The van der Waals surface area contributed by atoms with Crippen molar-refractivity contribution in [3.63, 3.8) is 0 Å². The summed E-state index contributed by atoms with van der Waals surface area (Å²) in [5, 5.41) is 9.61. The fraction of sp³-hybridized carbons (Fsp3) is 0.273. The van der Waals surface area contributed by atoms with Gasteiger partial charge in [-0.2, -0.15) is 5.26 Å². The zero-order valence-electron chi connectivity index (χ0n) is 15.3. The van der Waals surface area contributed by atoms with Crippen LogP contribution in [0.4, 0.5) is 10.1 Å². The zero-order chi connectivity index (χ0) is 18.8. The minimum absolute atomic E-state index is 0.329. The second-order valence-electron chi connectivity index (χ2n) is 7.01. The van der Waals surface area contributed by atoms with Gasteiger partial charge in [0.05, 0.1) is 16.6 Å². The molecule has 0 bridgehead atoms. The quantitative estimate of drug-likeness (QED) is 0.664. The first kappa shape index (κ1) is 17.3. The molecule has 3 aromatic rings. The number of allylic oxidation sites excluding steroid dienone is 1. The number of fused-ring (bicyclic) bond motifs is 1. The third-order valence-electron chi connectivity index (χ3n) is 5.09. The Hall–Kier alpha value is -3.13. The van der Waals surface area contributed by atoms with Crippen molar-refractivity contribution in [3.05, 3.63) is 59.2 Å². The smallest absolute Gasteiger partial charge is 0.149 e. The zero-order valence-corrected chi connectivity index (χ0v) is 15.3. The second-order valence-corrected chi connectivity index (χ2v) is 7.01. The molecule has 136 valence electrons.